The number of fused-ring (bicyclic) bond motifs is 1. The first-order valence-electron chi connectivity index (χ1n) is 13.8. The number of hydrogen-bond donors (Lipinski definition) is 4. The van der Waals surface area contributed by atoms with E-state index in [0.29, 0.717) is 23.9 Å². The molecule has 7 heteroatoms. The van der Waals surface area contributed by atoms with E-state index in [-0.39, 0.29) is 0 Å². The normalized spacial score (nSPS) is 26.7. The number of aromatic nitrogens is 5. The number of hydrogen-bond acceptors (Lipinski definition) is 5. The maximum Gasteiger partial charge on any atom is 0.123 e. The first-order valence-corrected chi connectivity index (χ1v) is 13.8. The Morgan fingerprint density at radius 3 is 2.17 bits per heavy atom. The van der Waals surface area contributed by atoms with E-state index in [2.05, 4.69) is 62.1 Å². The van der Waals surface area contributed by atoms with Gasteiger partial charge in [0.25, 0.3) is 0 Å². The minimum absolute atomic E-state index is 0.359. The fourth-order valence-electron chi connectivity index (χ4n) is 6.47. The molecule has 4 aromatic rings. The molecule has 36 heavy (non-hydrogen) atoms. The summed E-state index contributed by atoms with van der Waals surface area (Å²) in [5.74, 6) is 3.30. The van der Waals surface area contributed by atoms with Gasteiger partial charge in [0.2, 0.25) is 0 Å². The zero-order valence-corrected chi connectivity index (χ0v) is 20.8. The van der Waals surface area contributed by atoms with Crippen LogP contribution in [0.2, 0.25) is 0 Å². The van der Waals surface area contributed by atoms with E-state index in [1.807, 2.05) is 6.20 Å². The minimum atomic E-state index is 0.359. The highest BCUT2D eigenvalue weighted by Gasteiger charge is 2.27. The first kappa shape index (κ1) is 22.2. The van der Waals surface area contributed by atoms with Crippen molar-refractivity contribution in [2.24, 2.45) is 0 Å². The Morgan fingerprint density at radius 2 is 1.42 bits per heavy atom. The van der Waals surface area contributed by atoms with Crippen LogP contribution in [0.25, 0.3) is 22.2 Å². The highest BCUT2D eigenvalue weighted by Crippen LogP contribution is 2.40. The number of aromatic amines is 2. The predicted octanol–water partition coefficient (Wildman–Crippen LogP) is 5.64. The third-order valence-electron chi connectivity index (χ3n) is 8.60. The molecule has 0 spiro atoms. The Bertz CT molecular complexity index is 1330. The van der Waals surface area contributed by atoms with Crippen LogP contribution in [0.3, 0.4) is 0 Å². The van der Waals surface area contributed by atoms with Crippen LogP contribution in [0.15, 0.2) is 42.7 Å². The SMILES string of the molecule is c1cc2nc(C3CCC(c4cnc(C5CCCN5)[nH]4)CC3)ccc2cc1-c1cnc(C2CCCN2)[nH]1. The van der Waals surface area contributed by atoms with Crippen molar-refractivity contribution in [3.05, 3.63) is 65.8 Å². The number of nitrogens with zero attached hydrogens (tertiary/aromatic N) is 3. The second-order valence-electron chi connectivity index (χ2n) is 10.9. The van der Waals surface area contributed by atoms with Gasteiger partial charge in [-0.3, -0.25) is 4.98 Å². The number of rotatable bonds is 5. The van der Waals surface area contributed by atoms with E-state index in [0.717, 1.165) is 42.4 Å². The molecular formula is C29H35N7. The van der Waals surface area contributed by atoms with Crippen molar-refractivity contribution < 1.29 is 0 Å². The maximum atomic E-state index is 5.09. The molecule has 2 atom stereocenters. The van der Waals surface area contributed by atoms with Gasteiger partial charge in [-0.2, -0.15) is 0 Å². The quantitative estimate of drug-likeness (QED) is 0.296. The van der Waals surface area contributed by atoms with Crippen LogP contribution in [-0.2, 0) is 0 Å². The largest absolute Gasteiger partial charge is 0.344 e. The summed E-state index contributed by atoms with van der Waals surface area (Å²) in [4.78, 5) is 21.6. The summed E-state index contributed by atoms with van der Waals surface area (Å²) < 4.78 is 0. The smallest absolute Gasteiger partial charge is 0.123 e. The fourth-order valence-corrected chi connectivity index (χ4v) is 6.47. The van der Waals surface area contributed by atoms with E-state index >= 15 is 0 Å². The lowest BCUT2D eigenvalue weighted by atomic mass is 9.79. The van der Waals surface area contributed by atoms with Crippen molar-refractivity contribution in [2.45, 2.75) is 75.3 Å². The zero-order valence-electron chi connectivity index (χ0n) is 20.8. The summed E-state index contributed by atoms with van der Waals surface area (Å²) in [6.07, 6.45) is 13.6. The summed E-state index contributed by atoms with van der Waals surface area (Å²) >= 11 is 0. The summed E-state index contributed by atoms with van der Waals surface area (Å²) in [5.41, 5.74) is 5.89. The van der Waals surface area contributed by atoms with Gasteiger partial charge in [0.05, 0.1) is 29.5 Å². The van der Waals surface area contributed by atoms with Gasteiger partial charge in [-0.25, -0.2) is 9.97 Å². The average molecular weight is 482 g/mol. The van der Waals surface area contributed by atoms with Crippen LogP contribution in [0.5, 0.6) is 0 Å². The van der Waals surface area contributed by atoms with Crippen LogP contribution in [0.1, 0.15) is 98.3 Å². The molecule has 0 amide bonds. The Balaban J connectivity index is 1.03. The minimum Gasteiger partial charge on any atom is -0.344 e. The van der Waals surface area contributed by atoms with Gasteiger partial charge in [-0.15, -0.1) is 0 Å². The fraction of sp³-hybridized carbons (Fsp3) is 0.483. The first-order chi connectivity index (χ1) is 17.8. The molecule has 3 aliphatic rings. The molecule has 5 heterocycles. The number of imidazole rings is 2. The van der Waals surface area contributed by atoms with Gasteiger partial charge in [-0.1, -0.05) is 12.1 Å². The highest BCUT2D eigenvalue weighted by atomic mass is 15.0. The lowest BCUT2D eigenvalue weighted by Crippen LogP contribution is -2.15. The van der Waals surface area contributed by atoms with Crippen LogP contribution in [0.4, 0.5) is 0 Å². The molecule has 2 unspecified atom stereocenters. The van der Waals surface area contributed by atoms with E-state index in [9.17, 15) is 0 Å². The van der Waals surface area contributed by atoms with Gasteiger partial charge in [0.15, 0.2) is 0 Å². The second kappa shape index (κ2) is 9.45. The third kappa shape index (κ3) is 4.24. The average Bonchev–Trinajstić information content (AvgIpc) is 3.75. The summed E-state index contributed by atoms with van der Waals surface area (Å²) in [6.45, 7) is 2.18. The van der Waals surface area contributed by atoms with E-state index < -0.39 is 0 Å². The Kier molecular flexibility index (Phi) is 5.82. The molecule has 2 saturated heterocycles. The summed E-state index contributed by atoms with van der Waals surface area (Å²) in [6, 6.07) is 11.8. The van der Waals surface area contributed by atoms with Gasteiger partial charge in [0.1, 0.15) is 11.6 Å². The topological polar surface area (TPSA) is 94.3 Å². The molecule has 186 valence electrons. The third-order valence-corrected chi connectivity index (χ3v) is 8.60. The van der Waals surface area contributed by atoms with Crippen LogP contribution < -0.4 is 10.6 Å². The summed E-state index contributed by atoms with van der Waals surface area (Å²) in [7, 11) is 0. The number of H-pyrrole nitrogens is 2. The molecule has 0 bridgehead atoms. The predicted molar refractivity (Wildman–Crippen MR) is 142 cm³/mol. The van der Waals surface area contributed by atoms with Crippen molar-refractivity contribution in [2.75, 3.05) is 13.1 Å². The lowest BCUT2D eigenvalue weighted by molar-refractivity contribution is 0.387. The molecule has 4 N–H and O–H groups in total. The van der Waals surface area contributed by atoms with Gasteiger partial charge >= 0.3 is 0 Å². The molecule has 1 saturated carbocycles. The molecule has 1 aromatic carbocycles. The lowest BCUT2D eigenvalue weighted by Gasteiger charge is -2.27. The Hall–Kier alpha value is -3.03. The van der Waals surface area contributed by atoms with Crippen molar-refractivity contribution in [3.8, 4) is 11.3 Å². The molecule has 3 fully saturated rings. The number of benzene rings is 1. The number of nitrogens with one attached hydrogen (secondary N) is 4. The molecular weight excluding hydrogens is 446 g/mol. The van der Waals surface area contributed by atoms with Crippen molar-refractivity contribution in [1.29, 1.82) is 0 Å². The van der Waals surface area contributed by atoms with Crippen LogP contribution >= 0.6 is 0 Å². The molecule has 7 nitrogen and oxygen atoms in total. The van der Waals surface area contributed by atoms with E-state index in [4.69, 9.17) is 9.97 Å². The number of pyridine rings is 1. The molecule has 3 aromatic heterocycles. The molecule has 2 aliphatic heterocycles. The van der Waals surface area contributed by atoms with E-state index in [1.165, 1.54) is 67.3 Å². The monoisotopic (exact) mass is 481 g/mol. The standard InChI is InChI=1S/C29H35N7/c1-3-24(30-13-1)28-32-16-26(35-28)19-7-5-18(6-8-19)22-11-9-20-15-21(10-12-23(20)34-22)27-17-33-29(36-27)25-4-2-14-31-25/h9-12,15-19,24-25,30-31H,1-8,13-14H2,(H,32,35)(H,33,36). The van der Waals surface area contributed by atoms with Gasteiger partial charge in [0, 0.05) is 40.4 Å². The molecule has 1 aliphatic carbocycles. The second-order valence-corrected chi connectivity index (χ2v) is 10.9. The maximum absolute atomic E-state index is 5.09. The van der Waals surface area contributed by atoms with Crippen LogP contribution in [-0.4, -0.2) is 38.0 Å². The van der Waals surface area contributed by atoms with Crippen LogP contribution in [0, 0.1) is 0 Å². The zero-order chi connectivity index (χ0) is 23.9. The molecule has 0 radical (unpaired) electrons. The van der Waals surface area contributed by atoms with Crippen molar-refractivity contribution >= 4 is 10.9 Å². The summed E-state index contributed by atoms with van der Waals surface area (Å²) in [5, 5.41) is 8.25. The van der Waals surface area contributed by atoms with Crippen molar-refractivity contribution in [3.63, 3.8) is 0 Å². The van der Waals surface area contributed by atoms with Gasteiger partial charge < -0.3 is 20.6 Å². The van der Waals surface area contributed by atoms with E-state index in [1.54, 1.807) is 0 Å². The highest BCUT2D eigenvalue weighted by molar-refractivity contribution is 5.84. The Labute approximate surface area is 211 Å². The van der Waals surface area contributed by atoms with Crippen molar-refractivity contribution in [1.82, 2.24) is 35.6 Å². The molecule has 7 rings (SSSR count). The van der Waals surface area contributed by atoms with Gasteiger partial charge in [-0.05, 0) is 82.7 Å². The Morgan fingerprint density at radius 1 is 0.694 bits per heavy atom.